The molecular weight excluding hydrogens is 280 g/mol. The van der Waals surface area contributed by atoms with E-state index in [1.54, 1.807) is 11.1 Å². The highest BCUT2D eigenvalue weighted by Gasteiger charge is 2.21. The minimum Gasteiger partial charge on any atom is -0.302 e. The van der Waals surface area contributed by atoms with E-state index in [-0.39, 0.29) is 0 Å². The van der Waals surface area contributed by atoms with Gasteiger partial charge in [0.25, 0.3) is 0 Å². The van der Waals surface area contributed by atoms with E-state index < -0.39 is 0 Å². The quantitative estimate of drug-likeness (QED) is 0.582. The Morgan fingerprint density at radius 1 is 0.739 bits per heavy atom. The molecule has 2 heteroatoms. The third-order valence-electron chi connectivity index (χ3n) is 4.45. The molecule has 0 amide bonds. The zero-order chi connectivity index (χ0) is 16.7. The average molecular weight is 313 g/mol. The highest BCUT2D eigenvalue weighted by molar-refractivity contribution is 5.45. The number of hydrogen-bond donors (Lipinski definition) is 0. The topological polar surface area (TPSA) is 17.8 Å². The van der Waals surface area contributed by atoms with Crippen molar-refractivity contribution in [3.05, 3.63) is 46.9 Å². The number of rotatable bonds is 9. The lowest BCUT2D eigenvalue weighted by Gasteiger charge is -2.13. The zero-order valence-electron chi connectivity index (χ0n) is 15.4. The molecule has 0 aromatic carbocycles. The van der Waals surface area contributed by atoms with Crippen LogP contribution in [0.1, 0.15) is 75.9 Å². The third kappa shape index (κ3) is 3.85. The molecule has 2 nitrogen and oxygen atoms in total. The highest BCUT2D eigenvalue weighted by Crippen LogP contribution is 2.30. The fourth-order valence-electron chi connectivity index (χ4n) is 3.63. The molecule has 2 aromatic heterocycles. The minimum atomic E-state index is 1.10. The molecule has 2 aromatic rings. The molecular formula is C21H32N2. The van der Waals surface area contributed by atoms with E-state index in [1.807, 2.05) is 12.3 Å². The molecule has 0 saturated carbocycles. The molecule has 0 radical (unpaired) electrons. The van der Waals surface area contributed by atoms with E-state index in [4.69, 9.17) is 0 Å². The number of hydrogen-bond acceptors (Lipinski definition) is 1. The lowest BCUT2D eigenvalue weighted by atomic mass is 9.97. The first-order chi connectivity index (χ1) is 11.3. The van der Waals surface area contributed by atoms with Gasteiger partial charge in [-0.05, 0) is 48.9 Å². The fraction of sp³-hybridized carbons (Fsp3) is 0.571. The van der Waals surface area contributed by atoms with Gasteiger partial charge in [0.1, 0.15) is 5.82 Å². The molecule has 126 valence electrons. The maximum Gasteiger partial charge on any atom is 0.136 e. The molecule has 0 aliphatic carbocycles. The number of nitrogens with zero attached hydrogens (tertiary/aromatic N) is 2. The maximum absolute atomic E-state index is 4.67. The Bertz CT molecular complexity index is 563. The zero-order valence-corrected chi connectivity index (χ0v) is 15.4. The summed E-state index contributed by atoms with van der Waals surface area (Å²) in [6.45, 7) is 9.15. The lowest BCUT2D eigenvalue weighted by Crippen LogP contribution is -2.07. The first-order valence-electron chi connectivity index (χ1n) is 9.43. The largest absolute Gasteiger partial charge is 0.302 e. The van der Waals surface area contributed by atoms with Crippen LogP contribution in [0.25, 0.3) is 5.82 Å². The minimum absolute atomic E-state index is 1.10. The van der Waals surface area contributed by atoms with Crippen LogP contribution in [-0.4, -0.2) is 9.55 Å². The molecule has 2 heterocycles. The molecule has 0 saturated heterocycles. The summed E-state index contributed by atoms with van der Waals surface area (Å²) in [5.74, 6) is 1.10. The van der Waals surface area contributed by atoms with Gasteiger partial charge in [0.05, 0.1) is 0 Å². The van der Waals surface area contributed by atoms with Crippen LogP contribution in [0.2, 0.25) is 0 Å². The van der Waals surface area contributed by atoms with Crippen molar-refractivity contribution < 1.29 is 0 Å². The Balaban J connectivity index is 2.71. The third-order valence-corrected chi connectivity index (χ3v) is 4.45. The molecule has 0 aliphatic heterocycles. The first-order valence-corrected chi connectivity index (χ1v) is 9.43. The summed E-state index contributed by atoms with van der Waals surface area (Å²) in [4.78, 5) is 4.67. The summed E-state index contributed by atoms with van der Waals surface area (Å²) in [6.07, 6.45) is 11.4. The normalized spacial score (nSPS) is 11.1. The van der Waals surface area contributed by atoms with Gasteiger partial charge in [0.2, 0.25) is 0 Å². The maximum atomic E-state index is 4.67. The summed E-state index contributed by atoms with van der Waals surface area (Å²) in [7, 11) is 0. The Morgan fingerprint density at radius 3 is 1.65 bits per heavy atom. The van der Waals surface area contributed by atoms with Crippen molar-refractivity contribution in [3.8, 4) is 5.82 Å². The Labute approximate surface area is 142 Å². The molecule has 0 N–H and O–H groups in total. The second-order valence-corrected chi connectivity index (χ2v) is 6.37. The number of aromatic nitrogens is 2. The second kappa shape index (κ2) is 8.90. The van der Waals surface area contributed by atoms with Crippen molar-refractivity contribution in [2.24, 2.45) is 0 Å². The van der Waals surface area contributed by atoms with Crippen molar-refractivity contribution >= 4 is 0 Å². The summed E-state index contributed by atoms with van der Waals surface area (Å²) in [5.41, 5.74) is 6.26. The molecule has 0 spiro atoms. The predicted molar refractivity (Wildman–Crippen MR) is 99.5 cm³/mol. The van der Waals surface area contributed by atoms with Crippen molar-refractivity contribution in [1.29, 1.82) is 0 Å². The Morgan fingerprint density at radius 2 is 1.26 bits per heavy atom. The predicted octanol–water partition coefficient (Wildman–Crippen LogP) is 5.68. The van der Waals surface area contributed by atoms with Gasteiger partial charge in [0, 0.05) is 17.6 Å². The molecule has 0 fully saturated rings. The summed E-state index contributed by atoms with van der Waals surface area (Å²) in [6, 6.07) is 6.27. The van der Waals surface area contributed by atoms with Crippen LogP contribution in [0.3, 0.4) is 0 Å². The van der Waals surface area contributed by atoms with Crippen LogP contribution >= 0.6 is 0 Å². The van der Waals surface area contributed by atoms with E-state index in [0.717, 1.165) is 18.7 Å². The lowest BCUT2D eigenvalue weighted by molar-refractivity contribution is 0.760. The standard InChI is InChI=1S/C21H32N2/c1-5-11-17-18(12-6-2)20(14-8-4)23(19(17)13-7-3)21-15-9-10-16-22-21/h9-10,15-16H,5-8,11-14H2,1-4H3. The average Bonchev–Trinajstić information content (AvgIpc) is 2.84. The van der Waals surface area contributed by atoms with Crippen LogP contribution < -0.4 is 0 Å². The van der Waals surface area contributed by atoms with Gasteiger partial charge in [-0.3, -0.25) is 0 Å². The van der Waals surface area contributed by atoms with E-state index >= 15 is 0 Å². The Hall–Kier alpha value is -1.57. The van der Waals surface area contributed by atoms with Crippen molar-refractivity contribution in [2.45, 2.75) is 79.1 Å². The smallest absolute Gasteiger partial charge is 0.136 e. The van der Waals surface area contributed by atoms with Gasteiger partial charge >= 0.3 is 0 Å². The van der Waals surface area contributed by atoms with Gasteiger partial charge in [-0.25, -0.2) is 4.98 Å². The molecule has 0 aliphatic rings. The SMILES string of the molecule is CCCc1c(CCC)c(CCC)n(-c2ccccn2)c1CCC. The summed E-state index contributed by atoms with van der Waals surface area (Å²) < 4.78 is 2.49. The van der Waals surface area contributed by atoms with E-state index in [9.17, 15) is 0 Å². The van der Waals surface area contributed by atoms with Gasteiger partial charge in [0.15, 0.2) is 0 Å². The summed E-state index contributed by atoms with van der Waals surface area (Å²) in [5, 5.41) is 0. The molecule has 0 bridgehead atoms. The monoisotopic (exact) mass is 312 g/mol. The van der Waals surface area contributed by atoms with Gasteiger partial charge in [-0.15, -0.1) is 0 Å². The molecule has 2 rings (SSSR count). The van der Waals surface area contributed by atoms with Crippen LogP contribution in [0.4, 0.5) is 0 Å². The van der Waals surface area contributed by atoms with Gasteiger partial charge in [-0.2, -0.15) is 0 Å². The molecule has 0 atom stereocenters. The second-order valence-electron chi connectivity index (χ2n) is 6.37. The van der Waals surface area contributed by atoms with Crippen LogP contribution in [0.15, 0.2) is 24.4 Å². The van der Waals surface area contributed by atoms with Gasteiger partial charge < -0.3 is 4.57 Å². The van der Waals surface area contributed by atoms with E-state index in [1.165, 1.54) is 49.9 Å². The van der Waals surface area contributed by atoms with Crippen LogP contribution in [0, 0.1) is 0 Å². The van der Waals surface area contributed by atoms with Crippen LogP contribution in [0.5, 0.6) is 0 Å². The van der Waals surface area contributed by atoms with Crippen molar-refractivity contribution in [3.63, 3.8) is 0 Å². The molecule has 0 unspecified atom stereocenters. The van der Waals surface area contributed by atoms with Crippen LogP contribution in [-0.2, 0) is 25.7 Å². The highest BCUT2D eigenvalue weighted by atomic mass is 15.1. The van der Waals surface area contributed by atoms with Gasteiger partial charge in [-0.1, -0.05) is 59.4 Å². The van der Waals surface area contributed by atoms with E-state index in [2.05, 4.69) is 49.4 Å². The Kier molecular flexibility index (Phi) is 6.88. The molecule has 23 heavy (non-hydrogen) atoms. The fourth-order valence-corrected chi connectivity index (χ4v) is 3.63. The van der Waals surface area contributed by atoms with Crippen molar-refractivity contribution in [2.75, 3.05) is 0 Å². The number of pyridine rings is 1. The van der Waals surface area contributed by atoms with E-state index in [0.29, 0.717) is 0 Å². The summed E-state index contributed by atoms with van der Waals surface area (Å²) >= 11 is 0. The first kappa shape index (κ1) is 17.8. The van der Waals surface area contributed by atoms with Crippen molar-refractivity contribution in [1.82, 2.24) is 9.55 Å².